The molecule has 0 fully saturated rings. The third kappa shape index (κ3) is 5.08. The lowest BCUT2D eigenvalue weighted by Crippen LogP contribution is -1.41. The predicted octanol–water partition coefficient (Wildman–Crippen LogP) is 2.12. The van der Waals surface area contributed by atoms with Gasteiger partial charge in [-0.15, -0.1) is 0 Å². The Morgan fingerprint density at radius 1 is 1.43 bits per heavy atom. The highest BCUT2D eigenvalue weighted by Gasteiger charge is 1.52. The molecule has 0 amide bonds. The van der Waals surface area contributed by atoms with Gasteiger partial charge < -0.3 is 0 Å². The molecule has 0 aromatic carbocycles. The maximum atomic E-state index is 3.53. The van der Waals surface area contributed by atoms with Crippen molar-refractivity contribution in [3.05, 3.63) is 25.1 Å². The Kier molecular flexibility index (Phi) is 4.41. The van der Waals surface area contributed by atoms with Gasteiger partial charge in [0.05, 0.1) is 0 Å². The summed E-state index contributed by atoms with van der Waals surface area (Å²) < 4.78 is 0. The first-order valence-corrected chi connectivity index (χ1v) is 2.04. The second-order valence-electron chi connectivity index (χ2n) is 0.896. The van der Waals surface area contributed by atoms with E-state index in [1.54, 1.807) is 12.3 Å². The minimum absolute atomic E-state index is 1.39. The summed E-state index contributed by atoms with van der Waals surface area (Å²) in [5.41, 5.74) is 0. The number of hydrogen-bond acceptors (Lipinski definition) is 2. The fourth-order valence-corrected chi connectivity index (χ4v) is 0.152. The minimum Gasteiger partial charge on any atom is -0.160 e. The molecule has 0 bridgehead atoms. The molecule has 0 saturated heterocycles. The molecule has 0 unspecified atom stereocenters. The molecule has 0 N–H and O–H groups in total. The molecule has 0 heterocycles. The Balaban J connectivity index is 3.27. The van der Waals surface area contributed by atoms with Crippen LogP contribution >= 0.6 is 0 Å². The third-order valence-electron chi connectivity index (χ3n) is 0.364. The highest BCUT2D eigenvalue weighted by Crippen LogP contribution is 1.75. The summed E-state index contributed by atoms with van der Waals surface area (Å²) >= 11 is 0. The molecule has 2 nitrogen and oxygen atoms in total. The number of rotatable bonds is 2. The van der Waals surface area contributed by atoms with Crippen molar-refractivity contribution in [3.8, 4) is 0 Å². The first-order chi connectivity index (χ1) is 3.41. The predicted molar refractivity (Wildman–Crippen MR) is 29.9 cm³/mol. The largest absolute Gasteiger partial charge is 0.160 e. The molecular weight excluding hydrogens is 88.1 g/mol. The van der Waals surface area contributed by atoms with Crippen molar-refractivity contribution in [1.82, 2.24) is 0 Å². The summed E-state index contributed by atoms with van der Waals surface area (Å²) in [6.07, 6.45) is 4.79. The summed E-state index contributed by atoms with van der Waals surface area (Å²) in [5, 5.41) is 7.00. The topological polar surface area (TPSA) is 24.7 Å². The maximum absolute atomic E-state index is 3.53. The van der Waals surface area contributed by atoms with Gasteiger partial charge >= 0.3 is 0 Å². The molecule has 0 radical (unpaired) electrons. The number of azo groups is 1. The van der Waals surface area contributed by atoms with Crippen LogP contribution in [0.4, 0.5) is 0 Å². The summed E-state index contributed by atoms with van der Waals surface area (Å²) in [5.74, 6) is 0. The van der Waals surface area contributed by atoms with Gasteiger partial charge in [-0.3, -0.25) is 0 Å². The molecule has 0 spiro atoms. The summed E-state index contributed by atoms with van der Waals surface area (Å²) in [6, 6.07) is 0. The molecule has 7 heavy (non-hydrogen) atoms. The van der Waals surface area contributed by atoms with E-state index < -0.39 is 0 Å². The van der Waals surface area contributed by atoms with E-state index in [1.807, 2.05) is 6.92 Å². The zero-order chi connectivity index (χ0) is 5.54. The van der Waals surface area contributed by atoms with Gasteiger partial charge in [0, 0.05) is 12.4 Å². The molecule has 0 aliphatic rings. The lowest BCUT2D eigenvalue weighted by atomic mass is 10.7. The molecular formula is C5H8N2. The van der Waals surface area contributed by atoms with Gasteiger partial charge in [-0.1, -0.05) is 12.7 Å². The van der Waals surface area contributed by atoms with Crippen LogP contribution in [0.25, 0.3) is 0 Å². The highest BCUT2D eigenvalue weighted by atomic mass is 15.1. The van der Waals surface area contributed by atoms with E-state index in [1.165, 1.54) is 6.20 Å². The van der Waals surface area contributed by atoms with Gasteiger partial charge in [0.1, 0.15) is 0 Å². The Bertz CT molecular complexity index is 92.3. The van der Waals surface area contributed by atoms with Gasteiger partial charge in [0.25, 0.3) is 0 Å². The van der Waals surface area contributed by atoms with Gasteiger partial charge in [-0.25, -0.2) is 0 Å². The summed E-state index contributed by atoms with van der Waals surface area (Å²) in [7, 11) is 0. The van der Waals surface area contributed by atoms with E-state index >= 15 is 0 Å². The van der Waals surface area contributed by atoms with Crippen LogP contribution < -0.4 is 0 Å². The van der Waals surface area contributed by atoms with Crippen molar-refractivity contribution < 1.29 is 0 Å². The standard InChI is InChI=1S/C5H8N2/c1-3-5-7-6-4-2/h3-5H,2H2,1H3/b5-3-,7-6-. The van der Waals surface area contributed by atoms with E-state index in [4.69, 9.17) is 0 Å². The van der Waals surface area contributed by atoms with Crippen LogP contribution in [0.2, 0.25) is 0 Å². The van der Waals surface area contributed by atoms with Crippen molar-refractivity contribution in [2.75, 3.05) is 0 Å². The molecule has 0 aromatic rings. The van der Waals surface area contributed by atoms with Crippen LogP contribution in [0.1, 0.15) is 6.92 Å². The van der Waals surface area contributed by atoms with Crippen molar-refractivity contribution in [2.24, 2.45) is 10.2 Å². The van der Waals surface area contributed by atoms with E-state index in [-0.39, 0.29) is 0 Å². The Hall–Kier alpha value is -0.920. The van der Waals surface area contributed by atoms with Crippen LogP contribution in [-0.4, -0.2) is 0 Å². The lowest BCUT2D eigenvalue weighted by molar-refractivity contribution is 1.22. The molecule has 0 rings (SSSR count). The molecule has 2 heteroatoms. The molecule has 38 valence electrons. The third-order valence-corrected chi connectivity index (χ3v) is 0.364. The van der Waals surface area contributed by atoms with Crippen molar-refractivity contribution in [1.29, 1.82) is 0 Å². The summed E-state index contributed by atoms with van der Waals surface area (Å²) in [6.45, 7) is 5.22. The van der Waals surface area contributed by atoms with Crippen LogP contribution in [0.5, 0.6) is 0 Å². The van der Waals surface area contributed by atoms with Gasteiger partial charge in [0.15, 0.2) is 0 Å². The maximum Gasteiger partial charge on any atom is 0.0452 e. The van der Waals surface area contributed by atoms with Crippen LogP contribution in [0.3, 0.4) is 0 Å². The normalized spacial score (nSPS) is 11.0. The van der Waals surface area contributed by atoms with Crippen LogP contribution in [-0.2, 0) is 0 Å². The minimum atomic E-state index is 1.39. The van der Waals surface area contributed by atoms with Crippen molar-refractivity contribution in [3.63, 3.8) is 0 Å². The summed E-state index contributed by atoms with van der Waals surface area (Å²) in [4.78, 5) is 0. The molecule has 0 aromatic heterocycles. The fraction of sp³-hybridized carbons (Fsp3) is 0.200. The number of hydrogen-bond donors (Lipinski definition) is 0. The van der Waals surface area contributed by atoms with Gasteiger partial charge in [0.2, 0.25) is 0 Å². The molecule has 0 atom stereocenters. The average Bonchev–Trinajstić information content (AvgIpc) is 1.69. The molecule has 0 saturated carbocycles. The van der Waals surface area contributed by atoms with Crippen LogP contribution in [0.15, 0.2) is 35.3 Å². The van der Waals surface area contributed by atoms with Crippen molar-refractivity contribution in [2.45, 2.75) is 6.92 Å². The van der Waals surface area contributed by atoms with Crippen molar-refractivity contribution >= 4 is 0 Å². The van der Waals surface area contributed by atoms with Crippen LogP contribution in [0, 0.1) is 0 Å². The fourth-order valence-electron chi connectivity index (χ4n) is 0.152. The second kappa shape index (κ2) is 5.08. The first-order valence-electron chi connectivity index (χ1n) is 2.04. The average molecular weight is 96.1 g/mol. The quantitative estimate of drug-likeness (QED) is 0.470. The lowest BCUT2D eigenvalue weighted by Gasteiger charge is -1.65. The Morgan fingerprint density at radius 2 is 2.14 bits per heavy atom. The highest BCUT2D eigenvalue weighted by molar-refractivity contribution is 4.73. The number of nitrogens with zero attached hydrogens (tertiary/aromatic N) is 2. The monoisotopic (exact) mass is 96.1 g/mol. The number of allylic oxidation sites excluding steroid dienone is 1. The van der Waals surface area contributed by atoms with E-state index in [0.29, 0.717) is 0 Å². The van der Waals surface area contributed by atoms with Gasteiger partial charge in [-0.05, 0) is 6.92 Å². The SMILES string of the molecule is C=C/N=N\C=C/C. The van der Waals surface area contributed by atoms with E-state index in [2.05, 4.69) is 16.8 Å². The Morgan fingerprint density at radius 3 is 2.57 bits per heavy atom. The molecule has 0 aliphatic heterocycles. The first kappa shape index (κ1) is 6.08. The molecule has 0 aliphatic carbocycles. The van der Waals surface area contributed by atoms with Gasteiger partial charge in [-0.2, -0.15) is 10.2 Å². The second-order valence-corrected chi connectivity index (χ2v) is 0.896. The Labute approximate surface area is 43.3 Å². The zero-order valence-corrected chi connectivity index (χ0v) is 4.33. The zero-order valence-electron chi connectivity index (χ0n) is 4.33. The van der Waals surface area contributed by atoms with E-state index in [0.717, 1.165) is 0 Å². The van der Waals surface area contributed by atoms with E-state index in [9.17, 15) is 0 Å². The smallest absolute Gasteiger partial charge is 0.0452 e.